The van der Waals surface area contributed by atoms with Gasteiger partial charge in [-0.25, -0.2) is 0 Å². The first-order valence-electron chi connectivity index (χ1n) is 12.4. The maximum absolute atomic E-state index is 10.3. The van der Waals surface area contributed by atoms with E-state index in [0.717, 1.165) is 57.1 Å². The third kappa shape index (κ3) is 4.88. The normalized spacial score (nSPS) is 22.2. The van der Waals surface area contributed by atoms with Crippen molar-refractivity contribution in [2.24, 2.45) is 0 Å². The van der Waals surface area contributed by atoms with Gasteiger partial charge >= 0.3 is 0 Å². The fourth-order valence-electron chi connectivity index (χ4n) is 5.52. The molecule has 0 bridgehead atoms. The third-order valence-electron chi connectivity index (χ3n) is 7.35. The molecule has 32 heavy (non-hydrogen) atoms. The van der Waals surface area contributed by atoms with E-state index in [1.807, 2.05) is 11.8 Å². The summed E-state index contributed by atoms with van der Waals surface area (Å²) < 4.78 is 6.47. The van der Waals surface area contributed by atoms with Crippen molar-refractivity contribution in [2.75, 3.05) is 6.73 Å². The zero-order valence-electron chi connectivity index (χ0n) is 20.2. The summed E-state index contributed by atoms with van der Waals surface area (Å²) in [5.41, 5.74) is 5.45. The van der Waals surface area contributed by atoms with Crippen LogP contribution in [0.15, 0.2) is 41.3 Å². The minimum absolute atomic E-state index is 0.0918. The number of aliphatic hydroxyl groups excluding tert-OH is 1. The molecule has 174 valence electrons. The predicted octanol–water partition coefficient (Wildman–Crippen LogP) is 7.17. The summed E-state index contributed by atoms with van der Waals surface area (Å²) in [6.45, 7) is 8.97. The van der Waals surface area contributed by atoms with Crippen molar-refractivity contribution in [3.05, 3.63) is 58.7 Å². The van der Waals surface area contributed by atoms with E-state index in [9.17, 15) is 5.11 Å². The van der Waals surface area contributed by atoms with Crippen molar-refractivity contribution in [3.63, 3.8) is 0 Å². The topological polar surface area (TPSA) is 32.7 Å². The summed E-state index contributed by atoms with van der Waals surface area (Å²) in [4.78, 5) is 3.50. The summed E-state index contributed by atoms with van der Waals surface area (Å²) in [7, 11) is 0. The third-order valence-corrected chi connectivity index (χ3v) is 8.75. The molecule has 2 aromatic carbocycles. The SMILES string of the molecule is CCCC1(CCC)Oc2ccc(C3CCC(CCc4ccc(C)c(C)c4)N3CO)cc2S1. The first-order valence-corrected chi connectivity index (χ1v) is 13.2. The molecule has 1 fully saturated rings. The number of thioether (sulfide) groups is 1. The van der Waals surface area contributed by atoms with Gasteiger partial charge in [-0.3, -0.25) is 4.90 Å². The predicted molar refractivity (Wildman–Crippen MR) is 134 cm³/mol. The van der Waals surface area contributed by atoms with Crippen LogP contribution in [0.5, 0.6) is 5.75 Å². The summed E-state index contributed by atoms with van der Waals surface area (Å²) in [5, 5.41) is 10.3. The summed E-state index contributed by atoms with van der Waals surface area (Å²) in [5.74, 6) is 1.04. The number of ether oxygens (including phenoxy) is 1. The molecule has 2 atom stereocenters. The Hall–Kier alpha value is -1.49. The Morgan fingerprint density at radius 2 is 1.81 bits per heavy atom. The van der Waals surface area contributed by atoms with E-state index in [-0.39, 0.29) is 11.7 Å². The van der Waals surface area contributed by atoms with Crippen LogP contribution in [0.4, 0.5) is 0 Å². The minimum atomic E-state index is -0.0918. The highest BCUT2D eigenvalue weighted by Crippen LogP contribution is 2.53. The number of rotatable bonds is 9. The van der Waals surface area contributed by atoms with Crippen LogP contribution in [-0.2, 0) is 6.42 Å². The van der Waals surface area contributed by atoms with Crippen LogP contribution < -0.4 is 4.74 Å². The lowest BCUT2D eigenvalue weighted by atomic mass is 10.00. The van der Waals surface area contributed by atoms with E-state index < -0.39 is 0 Å². The molecule has 0 saturated carbocycles. The van der Waals surface area contributed by atoms with Crippen molar-refractivity contribution >= 4 is 11.8 Å². The largest absolute Gasteiger partial charge is 0.475 e. The van der Waals surface area contributed by atoms with Gasteiger partial charge < -0.3 is 9.84 Å². The lowest BCUT2D eigenvalue weighted by Gasteiger charge is -2.28. The highest BCUT2D eigenvalue weighted by atomic mass is 32.2. The van der Waals surface area contributed by atoms with Gasteiger partial charge in [0.25, 0.3) is 0 Å². The highest BCUT2D eigenvalue weighted by Gasteiger charge is 2.40. The van der Waals surface area contributed by atoms with Gasteiger partial charge in [-0.2, -0.15) is 0 Å². The van der Waals surface area contributed by atoms with Gasteiger partial charge in [0.05, 0.1) is 11.6 Å². The van der Waals surface area contributed by atoms with Gasteiger partial charge in [-0.1, -0.05) is 62.7 Å². The van der Waals surface area contributed by atoms with Crippen LogP contribution >= 0.6 is 11.8 Å². The first-order chi connectivity index (χ1) is 15.5. The number of aliphatic hydroxyl groups is 1. The molecule has 0 radical (unpaired) electrons. The van der Waals surface area contributed by atoms with Gasteiger partial charge in [-0.15, -0.1) is 0 Å². The van der Waals surface area contributed by atoms with E-state index in [0.29, 0.717) is 12.1 Å². The number of fused-ring (bicyclic) bond motifs is 1. The second kappa shape index (κ2) is 10.2. The Morgan fingerprint density at radius 3 is 2.50 bits per heavy atom. The molecule has 0 amide bonds. The van der Waals surface area contributed by atoms with Gasteiger partial charge in [-0.05, 0) is 86.8 Å². The molecule has 2 aromatic rings. The van der Waals surface area contributed by atoms with Crippen LogP contribution in [0.2, 0.25) is 0 Å². The van der Waals surface area contributed by atoms with E-state index in [1.165, 1.54) is 27.1 Å². The van der Waals surface area contributed by atoms with Crippen molar-refractivity contribution in [1.29, 1.82) is 0 Å². The Kier molecular flexibility index (Phi) is 7.54. The van der Waals surface area contributed by atoms with Crippen molar-refractivity contribution in [1.82, 2.24) is 4.90 Å². The number of hydrogen-bond donors (Lipinski definition) is 1. The molecule has 4 rings (SSSR count). The van der Waals surface area contributed by atoms with Gasteiger partial charge in [0.15, 0.2) is 4.93 Å². The van der Waals surface area contributed by atoms with Gasteiger partial charge in [0, 0.05) is 12.1 Å². The molecule has 2 aliphatic heterocycles. The smallest absolute Gasteiger partial charge is 0.159 e. The Morgan fingerprint density at radius 1 is 1.03 bits per heavy atom. The van der Waals surface area contributed by atoms with Crippen molar-refractivity contribution < 1.29 is 9.84 Å². The fraction of sp³-hybridized carbons (Fsp3) is 0.571. The average molecular weight is 454 g/mol. The number of benzene rings is 2. The average Bonchev–Trinajstić information content (AvgIpc) is 3.35. The lowest BCUT2D eigenvalue weighted by molar-refractivity contribution is 0.0596. The Balaban J connectivity index is 1.45. The zero-order chi connectivity index (χ0) is 22.7. The summed E-state index contributed by atoms with van der Waals surface area (Å²) >= 11 is 1.92. The van der Waals surface area contributed by atoms with E-state index >= 15 is 0 Å². The maximum atomic E-state index is 10.3. The van der Waals surface area contributed by atoms with Gasteiger partial charge in [0.2, 0.25) is 0 Å². The second-order valence-electron chi connectivity index (χ2n) is 9.68. The molecular weight excluding hydrogens is 414 g/mol. The Bertz CT molecular complexity index is 922. The molecule has 1 saturated heterocycles. The first kappa shape index (κ1) is 23.7. The lowest BCUT2D eigenvalue weighted by Crippen LogP contribution is -2.32. The summed E-state index contributed by atoms with van der Waals surface area (Å²) in [6.07, 6.45) is 8.86. The molecule has 3 nitrogen and oxygen atoms in total. The van der Waals surface area contributed by atoms with Crippen molar-refractivity contribution in [3.8, 4) is 5.75 Å². The molecule has 4 heteroatoms. The maximum Gasteiger partial charge on any atom is 0.159 e. The molecule has 0 spiro atoms. The number of aryl methyl sites for hydroxylation is 3. The van der Waals surface area contributed by atoms with E-state index in [1.54, 1.807) is 0 Å². The van der Waals surface area contributed by atoms with Crippen LogP contribution in [0.3, 0.4) is 0 Å². The standard InChI is InChI=1S/C28H39NO2S/c1-5-15-28(16-6-2)31-26-14-10-23(18-27(26)32-28)25-13-12-24(29(25)19-30)11-9-22-8-7-20(3)21(4)17-22/h7-8,10,14,17-18,24-25,30H,5-6,9,11-13,15-16,19H2,1-4H3. The van der Waals surface area contributed by atoms with Crippen LogP contribution in [-0.4, -0.2) is 27.7 Å². The molecule has 1 N–H and O–H groups in total. The Labute approximate surface area is 198 Å². The van der Waals surface area contributed by atoms with Crippen LogP contribution in [0.25, 0.3) is 0 Å². The molecule has 0 aromatic heterocycles. The fourth-order valence-corrected chi connectivity index (χ4v) is 7.07. The zero-order valence-corrected chi connectivity index (χ0v) is 21.0. The van der Waals surface area contributed by atoms with Crippen molar-refractivity contribution in [2.45, 2.75) is 101 Å². The molecule has 2 aliphatic rings. The second-order valence-corrected chi connectivity index (χ2v) is 11.1. The molecular formula is C28H39NO2S. The van der Waals surface area contributed by atoms with Crippen LogP contribution in [0.1, 0.15) is 87.1 Å². The molecule has 2 unspecified atom stereocenters. The summed E-state index contributed by atoms with van der Waals surface area (Å²) in [6, 6.07) is 14.3. The quantitative estimate of drug-likeness (QED) is 0.436. The van der Waals surface area contributed by atoms with Gasteiger partial charge in [0.1, 0.15) is 5.75 Å². The van der Waals surface area contributed by atoms with E-state index in [4.69, 9.17) is 4.74 Å². The van der Waals surface area contributed by atoms with E-state index in [2.05, 4.69) is 69.0 Å². The monoisotopic (exact) mass is 453 g/mol. The number of likely N-dealkylation sites (tertiary alicyclic amines) is 1. The molecule has 0 aliphatic carbocycles. The minimum Gasteiger partial charge on any atom is -0.475 e. The van der Waals surface area contributed by atoms with Crippen LogP contribution in [0, 0.1) is 13.8 Å². The highest BCUT2D eigenvalue weighted by molar-refractivity contribution is 8.00. The number of hydrogen-bond acceptors (Lipinski definition) is 4. The number of nitrogens with zero attached hydrogens (tertiary/aromatic N) is 1. The molecule has 2 heterocycles.